The molecule has 5 nitrogen and oxygen atoms in total. The van der Waals surface area contributed by atoms with E-state index in [1.54, 1.807) is 29.1 Å². The molecular weight excluding hydrogens is 245 g/mol. The summed E-state index contributed by atoms with van der Waals surface area (Å²) in [5.41, 5.74) is 2.98. The fourth-order valence-corrected chi connectivity index (χ4v) is 2.16. The molecule has 0 atom stereocenters. The molecule has 0 radical (unpaired) electrons. The number of fused-ring (bicyclic) bond motifs is 3. The number of aromatic nitrogens is 5. The summed E-state index contributed by atoms with van der Waals surface area (Å²) in [5, 5.41) is 8.27. The van der Waals surface area contributed by atoms with Crippen molar-refractivity contribution in [3.05, 3.63) is 48.7 Å². The third-order valence-electron chi connectivity index (χ3n) is 3.04. The summed E-state index contributed by atoms with van der Waals surface area (Å²) in [7, 11) is 0. The second kappa shape index (κ2) is 3.61. The van der Waals surface area contributed by atoms with E-state index in [1.165, 1.54) is 12.1 Å². The van der Waals surface area contributed by atoms with Gasteiger partial charge >= 0.3 is 0 Å². The predicted octanol–water partition coefficient (Wildman–Crippen LogP) is 2.41. The summed E-state index contributed by atoms with van der Waals surface area (Å²) >= 11 is 0. The van der Waals surface area contributed by atoms with Crippen LogP contribution in [0.25, 0.3) is 28.1 Å². The Hall–Kier alpha value is -2.76. The molecule has 0 aliphatic carbocycles. The van der Waals surface area contributed by atoms with E-state index in [9.17, 15) is 4.39 Å². The minimum Gasteiger partial charge on any atom is -0.357 e. The molecule has 0 saturated carbocycles. The van der Waals surface area contributed by atoms with E-state index < -0.39 is 0 Å². The van der Waals surface area contributed by atoms with Gasteiger partial charge in [0, 0.05) is 11.8 Å². The lowest BCUT2D eigenvalue weighted by atomic mass is 10.2. The molecule has 4 rings (SSSR count). The van der Waals surface area contributed by atoms with Crippen LogP contribution >= 0.6 is 0 Å². The first-order valence-electron chi connectivity index (χ1n) is 5.76. The van der Waals surface area contributed by atoms with Gasteiger partial charge in [0.1, 0.15) is 17.7 Å². The van der Waals surface area contributed by atoms with Gasteiger partial charge < -0.3 is 4.98 Å². The first-order valence-corrected chi connectivity index (χ1v) is 5.76. The van der Waals surface area contributed by atoms with Gasteiger partial charge in [0.15, 0.2) is 11.5 Å². The van der Waals surface area contributed by atoms with Gasteiger partial charge in [-0.15, -0.1) is 10.2 Å². The molecule has 3 heterocycles. The molecule has 0 aliphatic rings. The molecule has 0 amide bonds. The summed E-state index contributed by atoms with van der Waals surface area (Å²) in [4.78, 5) is 7.39. The fourth-order valence-electron chi connectivity index (χ4n) is 2.16. The number of benzene rings is 1. The van der Waals surface area contributed by atoms with Gasteiger partial charge in [0.05, 0.1) is 5.52 Å². The van der Waals surface area contributed by atoms with Crippen LogP contribution in [0.3, 0.4) is 0 Å². The summed E-state index contributed by atoms with van der Waals surface area (Å²) in [6.07, 6.45) is 3.44. The van der Waals surface area contributed by atoms with Gasteiger partial charge in [-0.05, 0) is 18.2 Å². The van der Waals surface area contributed by atoms with Gasteiger partial charge in [0.25, 0.3) is 0 Å². The molecule has 0 spiro atoms. The second-order valence-corrected chi connectivity index (χ2v) is 4.21. The van der Waals surface area contributed by atoms with Gasteiger partial charge in [-0.3, -0.25) is 4.40 Å². The number of H-pyrrole nitrogens is 1. The average molecular weight is 253 g/mol. The molecule has 92 valence electrons. The maximum absolute atomic E-state index is 13.3. The van der Waals surface area contributed by atoms with Crippen molar-refractivity contribution in [2.45, 2.75) is 0 Å². The highest BCUT2D eigenvalue weighted by atomic mass is 19.1. The Morgan fingerprint density at radius 1 is 1.16 bits per heavy atom. The molecule has 6 heteroatoms. The molecule has 1 N–H and O–H groups in total. The molecule has 0 aliphatic heterocycles. The van der Waals surface area contributed by atoms with Crippen LogP contribution in [0.1, 0.15) is 0 Å². The Morgan fingerprint density at radius 3 is 3.00 bits per heavy atom. The number of nitrogens with one attached hydrogen (secondary N) is 1. The van der Waals surface area contributed by atoms with Crippen LogP contribution in [0, 0.1) is 5.82 Å². The number of halogens is 1. The van der Waals surface area contributed by atoms with Crippen LogP contribution in [0.2, 0.25) is 0 Å². The normalized spacial score (nSPS) is 11.4. The summed E-state index contributed by atoms with van der Waals surface area (Å²) < 4.78 is 15.0. The third-order valence-corrected chi connectivity index (χ3v) is 3.04. The topological polar surface area (TPSA) is 58.9 Å². The minimum atomic E-state index is -0.303. The van der Waals surface area contributed by atoms with Crippen LogP contribution in [0.15, 0.2) is 42.9 Å². The van der Waals surface area contributed by atoms with Crippen LogP contribution in [0.5, 0.6) is 0 Å². The number of rotatable bonds is 1. The smallest absolute Gasteiger partial charge is 0.188 e. The number of hydrogen-bond donors (Lipinski definition) is 1. The Bertz CT molecular complexity index is 892. The molecule has 0 unspecified atom stereocenters. The van der Waals surface area contributed by atoms with Crippen molar-refractivity contribution in [1.29, 1.82) is 0 Å². The van der Waals surface area contributed by atoms with Gasteiger partial charge in [-0.1, -0.05) is 12.1 Å². The Labute approximate surface area is 106 Å². The van der Waals surface area contributed by atoms with E-state index in [0.717, 1.165) is 11.0 Å². The first-order chi connectivity index (χ1) is 9.33. The maximum atomic E-state index is 13.3. The van der Waals surface area contributed by atoms with E-state index in [1.807, 2.05) is 6.07 Å². The zero-order valence-corrected chi connectivity index (χ0v) is 9.71. The number of nitrogens with zero attached hydrogens (tertiary/aromatic N) is 4. The van der Waals surface area contributed by atoms with Crippen molar-refractivity contribution in [2.75, 3.05) is 0 Å². The second-order valence-electron chi connectivity index (χ2n) is 4.21. The van der Waals surface area contributed by atoms with Crippen molar-refractivity contribution in [2.24, 2.45) is 0 Å². The van der Waals surface area contributed by atoms with Gasteiger partial charge in [0.2, 0.25) is 0 Å². The van der Waals surface area contributed by atoms with Crippen molar-refractivity contribution in [3.63, 3.8) is 0 Å². The Balaban J connectivity index is 2.05. The first kappa shape index (κ1) is 10.2. The van der Waals surface area contributed by atoms with Gasteiger partial charge in [-0.25, -0.2) is 9.37 Å². The van der Waals surface area contributed by atoms with Crippen LogP contribution < -0.4 is 0 Å². The van der Waals surface area contributed by atoms with Crippen LogP contribution in [0.4, 0.5) is 4.39 Å². The summed E-state index contributed by atoms with van der Waals surface area (Å²) in [5.74, 6) is 0.265. The molecule has 0 bridgehead atoms. The molecule has 0 saturated heterocycles. The Kier molecular flexibility index (Phi) is 1.94. The monoisotopic (exact) mass is 253 g/mol. The summed E-state index contributed by atoms with van der Waals surface area (Å²) in [6, 6.07) is 8.13. The highest BCUT2D eigenvalue weighted by Gasteiger charge is 2.12. The average Bonchev–Trinajstić information content (AvgIpc) is 3.04. The van der Waals surface area contributed by atoms with E-state index in [-0.39, 0.29) is 5.82 Å². The van der Waals surface area contributed by atoms with Crippen molar-refractivity contribution < 1.29 is 4.39 Å². The van der Waals surface area contributed by atoms with Crippen LogP contribution in [-0.4, -0.2) is 24.6 Å². The lowest BCUT2D eigenvalue weighted by Gasteiger charge is -2.00. The quantitative estimate of drug-likeness (QED) is 0.566. The van der Waals surface area contributed by atoms with Gasteiger partial charge in [-0.2, -0.15) is 0 Å². The molecule has 0 fully saturated rings. The molecule has 1 aromatic carbocycles. The highest BCUT2D eigenvalue weighted by molar-refractivity contribution is 5.88. The lowest BCUT2D eigenvalue weighted by molar-refractivity contribution is 0.628. The maximum Gasteiger partial charge on any atom is 0.188 e. The van der Waals surface area contributed by atoms with Crippen molar-refractivity contribution >= 4 is 16.7 Å². The van der Waals surface area contributed by atoms with Crippen molar-refractivity contribution in [3.8, 4) is 11.4 Å². The SMILES string of the molecule is Fc1cccc(-c2nnc3c4[nH]ccc4ncn23)c1. The molecule has 19 heavy (non-hydrogen) atoms. The van der Waals surface area contributed by atoms with E-state index in [0.29, 0.717) is 17.0 Å². The highest BCUT2D eigenvalue weighted by Crippen LogP contribution is 2.22. The largest absolute Gasteiger partial charge is 0.357 e. The standard InChI is InChI=1S/C13H8FN5/c14-9-3-1-2-8(6-9)12-17-18-13-11-10(4-5-15-11)16-7-19(12)13/h1-7,15H. The summed E-state index contributed by atoms with van der Waals surface area (Å²) in [6.45, 7) is 0. The predicted molar refractivity (Wildman–Crippen MR) is 68.0 cm³/mol. The number of aromatic amines is 1. The minimum absolute atomic E-state index is 0.303. The molecule has 4 aromatic rings. The van der Waals surface area contributed by atoms with E-state index >= 15 is 0 Å². The third kappa shape index (κ3) is 1.43. The fraction of sp³-hybridized carbons (Fsp3) is 0. The Morgan fingerprint density at radius 2 is 2.11 bits per heavy atom. The van der Waals surface area contributed by atoms with E-state index in [2.05, 4.69) is 20.2 Å². The van der Waals surface area contributed by atoms with Crippen molar-refractivity contribution in [1.82, 2.24) is 24.6 Å². The zero-order valence-electron chi connectivity index (χ0n) is 9.71. The molecular formula is C13H8FN5. The van der Waals surface area contributed by atoms with E-state index in [4.69, 9.17) is 0 Å². The number of hydrogen-bond acceptors (Lipinski definition) is 3. The van der Waals surface area contributed by atoms with Crippen LogP contribution in [-0.2, 0) is 0 Å². The molecule has 3 aromatic heterocycles. The lowest BCUT2D eigenvalue weighted by Crippen LogP contribution is -1.92. The zero-order chi connectivity index (χ0) is 12.8.